The molecule has 0 saturated carbocycles. The van der Waals surface area contributed by atoms with Crippen LogP contribution in [-0.2, 0) is 37.6 Å². The number of hydrogen-bond acceptors (Lipinski definition) is 3. The Morgan fingerprint density at radius 3 is 1.50 bits per heavy atom. The number of halogens is 5. The van der Waals surface area contributed by atoms with Crippen LogP contribution >= 0.6 is 0 Å². The molecule has 0 aromatic heterocycles. The van der Waals surface area contributed by atoms with Gasteiger partial charge in [0.15, 0.2) is 0 Å². The van der Waals surface area contributed by atoms with E-state index in [1.165, 1.54) is 0 Å². The van der Waals surface area contributed by atoms with Gasteiger partial charge in [-0.2, -0.15) is 8.78 Å². The van der Waals surface area contributed by atoms with E-state index in [9.17, 15) is 30.7 Å². The molecule has 88 valence electrons. The van der Waals surface area contributed by atoms with Crippen molar-refractivity contribution in [2.24, 2.45) is 0 Å². The maximum Gasteiger partial charge on any atom is 0.216 e. The minimum atomic E-state index is -3.45. The van der Waals surface area contributed by atoms with E-state index in [4.69, 9.17) is 0 Å². The molecule has 1 atom stereocenters. The van der Waals surface area contributed by atoms with Crippen LogP contribution in [0.3, 0.4) is 0 Å². The second-order valence-corrected chi connectivity index (χ2v) is 2.76. The summed E-state index contributed by atoms with van der Waals surface area (Å²) in [6, 6.07) is 0. The molecule has 10 heteroatoms. The Balaban J connectivity index is 0.00000225. The average molecular weight is 338 g/mol. The second kappa shape index (κ2) is 5.83. The molecule has 0 amide bonds. The third-order valence-electron chi connectivity index (χ3n) is 1.32. The van der Waals surface area contributed by atoms with Crippen LogP contribution < -0.4 is 4.18 Å². The quantitative estimate of drug-likeness (QED) is 0.356. The van der Waals surface area contributed by atoms with Gasteiger partial charge in [0.25, 0.3) is 0 Å². The zero-order valence-corrected chi connectivity index (χ0v) is 10.3. The van der Waals surface area contributed by atoms with Gasteiger partial charge in [0.1, 0.15) is 11.4 Å². The Labute approximate surface area is 107 Å². The van der Waals surface area contributed by atoms with E-state index in [2.05, 4.69) is 4.18 Å². The van der Waals surface area contributed by atoms with Gasteiger partial charge >= 0.3 is 0 Å². The maximum atomic E-state index is 12.6. The summed E-state index contributed by atoms with van der Waals surface area (Å²) in [4.78, 5) is 0. The van der Waals surface area contributed by atoms with Crippen molar-refractivity contribution < 1.29 is 61.1 Å². The van der Waals surface area contributed by atoms with Crippen molar-refractivity contribution in [1.82, 2.24) is 0 Å². The molecule has 0 bridgehead atoms. The first-order valence-corrected chi connectivity index (χ1v) is 4.15. The van der Waals surface area contributed by atoms with Crippen LogP contribution in [0.5, 0.6) is 5.75 Å². The Morgan fingerprint density at radius 2 is 1.19 bits per heavy atom. The summed E-state index contributed by atoms with van der Waals surface area (Å²) in [5, 5.41) is 0. The van der Waals surface area contributed by atoms with E-state index < -0.39 is 46.2 Å². The summed E-state index contributed by atoms with van der Waals surface area (Å²) in [6.45, 7) is 0. The fourth-order valence-corrected chi connectivity index (χ4v) is 1.01. The van der Waals surface area contributed by atoms with Gasteiger partial charge in [-0.25, -0.2) is 17.4 Å². The zero-order chi connectivity index (χ0) is 11.7. The fourth-order valence-electron chi connectivity index (χ4n) is 0.726. The van der Waals surface area contributed by atoms with Gasteiger partial charge in [-0.3, -0.25) is 0 Å². The number of hydrogen-bond donors (Lipinski definition) is 0. The first kappa shape index (κ1) is 15.7. The Morgan fingerprint density at radius 1 is 0.875 bits per heavy atom. The Kier molecular flexibility index (Phi) is 5.71. The standard InChI is InChI=1S/C6HF5O3S.Zr/c7-1-2(8)4(10)6(14-15(12)13)5(11)3(1)9;/h(H,12,13);/p-1. The van der Waals surface area contributed by atoms with Crippen molar-refractivity contribution >= 4 is 11.4 Å². The number of benzene rings is 1. The van der Waals surface area contributed by atoms with Crippen LogP contribution in [-0.4, -0.2) is 8.76 Å². The first-order chi connectivity index (χ1) is 6.86. The van der Waals surface area contributed by atoms with Gasteiger partial charge in [0.2, 0.25) is 34.8 Å². The van der Waals surface area contributed by atoms with Crippen molar-refractivity contribution in [3.63, 3.8) is 0 Å². The molecule has 0 saturated heterocycles. The van der Waals surface area contributed by atoms with Crippen LogP contribution in [0.4, 0.5) is 22.0 Å². The molecule has 3 nitrogen and oxygen atoms in total. The summed E-state index contributed by atoms with van der Waals surface area (Å²) in [7, 11) is 0. The third kappa shape index (κ3) is 2.86. The zero-order valence-electron chi connectivity index (χ0n) is 7.02. The summed E-state index contributed by atoms with van der Waals surface area (Å²) >= 11 is -3.45. The normalized spacial score (nSPS) is 11.9. The molecular formula is C6F5O3SZr-. The SMILES string of the molecule is O=S([O-])Oc1c(F)c(F)c(F)c(F)c1F.[Zr]. The van der Waals surface area contributed by atoms with Crippen molar-refractivity contribution in [2.45, 2.75) is 0 Å². The van der Waals surface area contributed by atoms with Gasteiger partial charge in [0, 0.05) is 26.2 Å². The van der Waals surface area contributed by atoms with Gasteiger partial charge < -0.3 is 8.74 Å². The molecule has 0 fully saturated rings. The van der Waals surface area contributed by atoms with E-state index in [0.717, 1.165) is 0 Å². The van der Waals surface area contributed by atoms with E-state index in [1.807, 2.05) is 0 Å². The van der Waals surface area contributed by atoms with E-state index in [-0.39, 0.29) is 26.2 Å². The maximum absolute atomic E-state index is 12.6. The minimum absolute atomic E-state index is 0. The minimum Gasteiger partial charge on any atom is -0.740 e. The van der Waals surface area contributed by atoms with Gasteiger partial charge in [-0.15, -0.1) is 0 Å². The second-order valence-electron chi connectivity index (χ2n) is 2.19. The van der Waals surface area contributed by atoms with Gasteiger partial charge in [0.05, 0.1) is 0 Å². The Hall–Kier alpha value is -0.337. The molecular weight excluding hydrogens is 338 g/mol. The third-order valence-corrected chi connectivity index (χ3v) is 1.62. The van der Waals surface area contributed by atoms with Crippen molar-refractivity contribution in [3.8, 4) is 5.75 Å². The fraction of sp³-hybridized carbons (Fsp3) is 0. The van der Waals surface area contributed by atoms with Crippen LogP contribution in [0.1, 0.15) is 0 Å². The number of rotatable bonds is 2. The molecule has 1 unspecified atom stereocenters. The van der Waals surface area contributed by atoms with Crippen molar-refractivity contribution in [1.29, 1.82) is 0 Å². The molecule has 1 aromatic rings. The first-order valence-electron chi connectivity index (χ1n) is 3.15. The van der Waals surface area contributed by atoms with Crippen LogP contribution in [0.25, 0.3) is 0 Å². The topological polar surface area (TPSA) is 49.4 Å². The predicted molar refractivity (Wildman–Crippen MR) is 35.8 cm³/mol. The largest absolute Gasteiger partial charge is 0.740 e. The molecule has 0 radical (unpaired) electrons. The van der Waals surface area contributed by atoms with Crippen LogP contribution in [0.15, 0.2) is 0 Å². The van der Waals surface area contributed by atoms with E-state index >= 15 is 0 Å². The van der Waals surface area contributed by atoms with E-state index in [1.54, 1.807) is 0 Å². The van der Waals surface area contributed by atoms with Crippen molar-refractivity contribution in [3.05, 3.63) is 29.1 Å². The molecule has 0 aliphatic heterocycles. The molecule has 1 rings (SSSR count). The summed E-state index contributed by atoms with van der Waals surface area (Å²) < 4.78 is 85.7. The average Bonchev–Trinajstić information content (AvgIpc) is 2.18. The summed E-state index contributed by atoms with van der Waals surface area (Å²) in [5.41, 5.74) is 0. The summed E-state index contributed by atoms with van der Waals surface area (Å²) in [5.74, 6) is -13.5. The monoisotopic (exact) mass is 337 g/mol. The van der Waals surface area contributed by atoms with Crippen molar-refractivity contribution in [2.75, 3.05) is 0 Å². The molecule has 0 aliphatic rings. The molecule has 0 aliphatic carbocycles. The smallest absolute Gasteiger partial charge is 0.216 e. The van der Waals surface area contributed by atoms with Crippen LogP contribution in [0.2, 0.25) is 0 Å². The molecule has 16 heavy (non-hydrogen) atoms. The summed E-state index contributed by atoms with van der Waals surface area (Å²) in [6.07, 6.45) is 0. The van der Waals surface area contributed by atoms with Gasteiger partial charge in [-0.1, -0.05) is 0 Å². The van der Waals surface area contributed by atoms with E-state index in [0.29, 0.717) is 0 Å². The molecule has 1 aromatic carbocycles. The Bertz CT molecular complexity index is 412. The molecule has 0 N–H and O–H groups in total. The molecule has 0 spiro atoms. The van der Waals surface area contributed by atoms with Crippen LogP contribution in [0, 0.1) is 29.1 Å². The molecule has 0 heterocycles. The van der Waals surface area contributed by atoms with Gasteiger partial charge in [-0.05, 0) is 0 Å². The predicted octanol–water partition coefficient (Wildman–Crippen LogP) is 1.55.